The summed E-state index contributed by atoms with van der Waals surface area (Å²) in [7, 11) is 0. The lowest BCUT2D eigenvalue weighted by molar-refractivity contribution is 0.404. The summed E-state index contributed by atoms with van der Waals surface area (Å²) >= 11 is 0. The van der Waals surface area contributed by atoms with E-state index >= 15 is 0 Å². The Kier molecular flexibility index (Phi) is 9.31. The third-order valence-corrected chi connectivity index (χ3v) is 4.19. The van der Waals surface area contributed by atoms with E-state index in [0.717, 1.165) is 40.1 Å². The molecule has 0 aliphatic heterocycles. The molecule has 0 atom stereocenters. The molecule has 0 amide bonds. The smallest absolute Gasteiger partial charge is 0.0670 e. The number of nitriles is 1. The number of benzene rings is 1. The Bertz CT molecular complexity index is 770. The Morgan fingerprint density at radius 1 is 1.04 bits per heavy atom. The van der Waals surface area contributed by atoms with Crippen molar-refractivity contribution in [1.29, 1.82) is 5.26 Å². The number of rotatable bonds is 4. The maximum absolute atomic E-state index is 9.27. The molecule has 0 spiro atoms. The van der Waals surface area contributed by atoms with Crippen LogP contribution in [0.1, 0.15) is 48.8 Å². The second-order valence-electron chi connectivity index (χ2n) is 7.62. The van der Waals surface area contributed by atoms with Crippen LogP contribution in [0.3, 0.4) is 0 Å². The van der Waals surface area contributed by atoms with E-state index in [9.17, 15) is 5.26 Å². The van der Waals surface area contributed by atoms with Gasteiger partial charge in [-0.25, -0.2) is 0 Å². The van der Waals surface area contributed by atoms with E-state index in [1.165, 1.54) is 5.56 Å². The van der Waals surface area contributed by atoms with E-state index in [4.69, 9.17) is 10.7 Å². The average molecular weight is 394 g/mol. The number of hydrogen-bond donors (Lipinski definition) is 1. The van der Waals surface area contributed by atoms with Gasteiger partial charge in [-0.15, -0.1) is 24.8 Å². The zero-order valence-electron chi connectivity index (χ0n) is 16.2. The molecule has 0 radical (unpaired) electrons. The fourth-order valence-electron chi connectivity index (χ4n) is 3.08. The van der Waals surface area contributed by atoms with Crippen molar-refractivity contribution in [1.82, 2.24) is 4.98 Å². The van der Waals surface area contributed by atoms with Gasteiger partial charge in [-0.2, -0.15) is 5.26 Å². The van der Waals surface area contributed by atoms with Gasteiger partial charge in [0.15, 0.2) is 0 Å². The Hall–Kier alpha value is -1.60. The van der Waals surface area contributed by atoms with Crippen LogP contribution in [-0.4, -0.2) is 4.98 Å². The lowest BCUT2D eigenvalue weighted by atomic mass is 9.84. The van der Waals surface area contributed by atoms with Crippen LogP contribution in [0.5, 0.6) is 0 Å². The van der Waals surface area contributed by atoms with Crippen molar-refractivity contribution in [2.24, 2.45) is 11.1 Å². The molecule has 1 heterocycles. The van der Waals surface area contributed by atoms with Crippen molar-refractivity contribution < 1.29 is 0 Å². The van der Waals surface area contributed by atoms with E-state index < -0.39 is 0 Å². The first kappa shape index (κ1) is 24.4. The zero-order valence-corrected chi connectivity index (χ0v) is 17.9. The fourth-order valence-corrected chi connectivity index (χ4v) is 3.08. The lowest BCUT2D eigenvalue weighted by Gasteiger charge is -2.24. The van der Waals surface area contributed by atoms with E-state index in [1.807, 2.05) is 6.92 Å². The lowest BCUT2D eigenvalue weighted by Crippen LogP contribution is -2.17. The standard InChI is InChI=1S/C21H27N3.2ClH/c1-14-6-8-16(9-7-14)20-17(10-11-22)15(2)24-19(18(20)13-23)12-21(3,4)5;;/h6-9H,10,12-13,23H2,1-5H3;2*1H. The van der Waals surface area contributed by atoms with Crippen LogP contribution in [0.2, 0.25) is 0 Å². The van der Waals surface area contributed by atoms with E-state index in [2.05, 4.69) is 58.0 Å². The van der Waals surface area contributed by atoms with Crippen LogP contribution in [0.4, 0.5) is 0 Å². The summed E-state index contributed by atoms with van der Waals surface area (Å²) in [5.41, 5.74) is 13.8. The van der Waals surface area contributed by atoms with Gasteiger partial charge in [0.2, 0.25) is 0 Å². The van der Waals surface area contributed by atoms with Gasteiger partial charge < -0.3 is 5.73 Å². The van der Waals surface area contributed by atoms with Crippen molar-refractivity contribution in [3.63, 3.8) is 0 Å². The monoisotopic (exact) mass is 393 g/mol. The highest BCUT2D eigenvalue weighted by atomic mass is 35.5. The molecule has 0 bridgehead atoms. The summed E-state index contributed by atoms with van der Waals surface area (Å²) in [6, 6.07) is 10.7. The summed E-state index contributed by atoms with van der Waals surface area (Å²) in [6.45, 7) is 11.1. The zero-order chi connectivity index (χ0) is 17.9. The van der Waals surface area contributed by atoms with Crippen LogP contribution in [0.25, 0.3) is 11.1 Å². The third-order valence-electron chi connectivity index (χ3n) is 4.19. The maximum atomic E-state index is 9.27. The molecule has 1 aromatic carbocycles. The van der Waals surface area contributed by atoms with Gasteiger partial charge in [-0.05, 0) is 47.9 Å². The molecule has 0 saturated carbocycles. The number of pyridine rings is 1. The van der Waals surface area contributed by atoms with Crippen LogP contribution in [0, 0.1) is 30.6 Å². The van der Waals surface area contributed by atoms with Crippen LogP contribution >= 0.6 is 24.8 Å². The van der Waals surface area contributed by atoms with Crippen molar-refractivity contribution in [3.8, 4) is 17.2 Å². The van der Waals surface area contributed by atoms with Crippen LogP contribution in [-0.2, 0) is 19.4 Å². The summed E-state index contributed by atoms with van der Waals surface area (Å²) in [5.74, 6) is 0. The molecule has 1 aromatic heterocycles. The van der Waals surface area contributed by atoms with Gasteiger partial charge in [-0.1, -0.05) is 50.6 Å². The quantitative estimate of drug-likeness (QED) is 0.763. The fraction of sp³-hybridized carbons (Fsp3) is 0.429. The number of aromatic nitrogens is 1. The number of hydrogen-bond acceptors (Lipinski definition) is 3. The Morgan fingerprint density at radius 3 is 2.08 bits per heavy atom. The van der Waals surface area contributed by atoms with Crippen molar-refractivity contribution in [2.75, 3.05) is 0 Å². The topological polar surface area (TPSA) is 62.7 Å². The molecular weight excluding hydrogens is 365 g/mol. The summed E-state index contributed by atoms with van der Waals surface area (Å²) in [5, 5.41) is 9.27. The van der Waals surface area contributed by atoms with E-state index in [-0.39, 0.29) is 30.2 Å². The maximum Gasteiger partial charge on any atom is 0.0670 e. The molecule has 0 unspecified atom stereocenters. The first-order chi connectivity index (χ1) is 11.3. The van der Waals surface area contributed by atoms with Crippen molar-refractivity contribution in [3.05, 3.63) is 52.3 Å². The van der Waals surface area contributed by atoms with E-state index in [1.54, 1.807) is 0 Å². The summed E-state index contributed by atoms with van der Waals surface area (Å²) in [6.07, 6.45) is 1.22. The molecule has 0 saturated heterocycles. The molecule has 26 heavy (non-hydrogen) atoms. The SMILES string of the molecule is Cc1ccc(-c2c(CC#N)c(C)nc(CC(C)(C)C)c2CN)cc1.Cl.Cl. The minimum Gasteiger partial charge on any atom is -0.326 e. The highest BCUT2D eigenvalue weighted by Crippen LogP contribution is 2.34. The number of nitrogens with two attached hydrogens (primary N) is 1. The molecule has 0 fully saturated rings. The van der Waals surface area contributed by atoms with E-state index in [0.29, 0.717) is 13.0 Å². The van der Waals surface area contributed by atoms with Gasteiger partial charge in [-0.3, -0.25) is 4.98 Å². The Morgan fingerprint density at radius 2 is 1.62 bits per heavy atom. The molecule has 142 valence electrons. The molecule has 2 N–H and O–H groups in total. The highest BCUT2D eigenvalue weighted by Gasteiger charge is 2.21. The normalized spacial score (nSPS) is 10.5. The molecule has 0 aliphatic rings. The molecule has 2 aromatic rings. The minimum atomic E-state index is 0. The second-order valence-corrected chi connectivity index (χ2v) is 7.62. The van der Waals surface area contributed by atoms with Gasteiger partial charge in [0.1, 0.15) is 0 Å². The summed E-state index contributed by atoms with van der Waals surface area (Å²) < 4.78 is 0. The first-order valence-corrected chi connectivity index (χ1v) is 8.42. The molecule has 5 heteroatoms. The Balaban J connectivity index is 0.00000312. The Labute approximate surface area is 169 Å². The van der Waals surface area contributed by atoms with Crippen LogP contribution in [0.15, 0.2) is 24.3 Å². The molecule has 0 aliphatic carbocycles. The average Bonchev–Trinajstić information content (AvgIpc) is 2.49. The van der Waals surface area contributed by atoms with Crippen molar-refractivity contribution >= 4 is 24.8 Å². The predicted octanol–water partition coefficient (Wildman–Crippen LogP) is 5.32. The largest absolute Gasteiger partial charge is 0.326 e. The third kappa shape index (κ3) is 5.71. The van der Waals surface area contributed by atoms with Gasteiger partial charge >= 0.3 is 0 Å². The molecular formula is C21H29Cl2N3. The highest BCUT2D eigenvalue weighted by molar-refractivity contribution is 5.85. The second kappa shape index (κ2) is 9.92. The number of halogens is 2. The first-order valence-electron chi connectivity index (χ1n) is 8.42. The van der Waals surface area contributed by atoms with Gasteiger partial charge in [0.25, 0.3) is 0 Å². The van der Waals surface area contributed by atoms with Gasteiger partial charge in [0.05, 0.1) is 12.5 Å². The predicted molar refractivity (Wildman–Crippen MR) is 114 cm³/mol. The van der Waals surface area contributed by atoms with Crippen LogP contribution < -0.4 is 5.73 Å². The molecule has 2 rings (SSSR count). The summed E-state index contributed by atoms with van der Waals surface area (Å²) in [4.78, 5) is 4.82. The number of nitrogens with zero attached hydrogens (tertiary/aromatic N) is 2. The van der Waals surface area contributed by atoms with Gasteiger partial charge in [0, 0.05) is 17.9 Å². The molecule has 3 nitrogen and oxygen atoms in total. The minimum absolute atomic E-state index is 0. The number of aryl methyl sites for hydroxylation is 2. The van der Waals surface area contributed by atoms with Crippen molar-refractivity contribution in [2.45, 2.75) is 54.0 Å².